The molecule has 114 valence electrons. The van der Waals surface area contributed by atoms with E-state index < -0.39 is 5.60 Å². The van der Waals surface area contributed by atoms with Gasteiger partial charge in [0.05, 0.1) is 20.8 Å². The predicted molar refractivity (Wildman–Crippen MR) is 85.1 cm³/mol. The van der Waals surface area contributed by atoms with Crippen molar-refractivity contribution in [2.75, 3.05) is 13.6 Å². The van der Waals surface area contributed by atoms with Gasteiger partial charge in [0.1, 0.15) is 0 Å². The first kappa shape index (κ1) is 15.1. The summed E-state index contributed by atoms with van der Waals surface area (Å²) in [7, 11) is 1.97. The summed E-state index contributed by atoms with van der Waals surface area (Å²) in [6, 6.07) is 3.92. The average molecular weight is 372 g/mol. The van der Waals surface area contributed by atoms with Crippen LogP contribution in [0, 0.1) is 0 Å². The average Bonchev–Trinajstić information content (AvgIpc) is 3.11. The molecule has 1 saturated carbocycles. The van der Waals surface area contributed by atoms with Gasteiger partial charge >= 0.3 is 0 Å². The zero-order chi connectivity index (χ0) is 14.9. The first-order valence-corrected chi connectivity index (χ1v) is 8.64. The highest BCUT2D eigenvalue weighted by molar-refractivity contribution is 9.11. The number of halogens is 1. The number of hydrogen-bond acceptors (Lipinski definition) is 6. The van der Waals surface area contributed by atoms with Crippen molar-refractivity contribution >= 4 is 27.3 Å². The van der Waals surface area contributed by atoms with E-state index in [2.05, 4.69) is 26.1 Å². The minimum atomic E-state index is -0.545. The van der Waals surface area contributed by atoms with Crippen molar-refractivity contribution in [3.8, 4) is 10.8 Å². The van der Waals surface area contributed by atoms with Crippen molar-refractivity contribution in [2.24, 2.45) is 0 Å². The lowest BCUT2D eigenvalue weighted by molar-refractivity contribution is 0.0128. The Balaban J connectivity index is 1.61. The van der Waals surface area contributed by atoms with Gasteiger partial charge in [0.15, 0.2) is 0 Å². The summed E-state index contributed by atoms with van der Waals surface area (Å²) in [6.45, 7) is 1.21. The molecule has 7 heteroatoms. The summed E-state index contributed by atoms with van der Waals surface area (Å²) >= 11 is 4.99. The fraction of sp³-hybridized carbons (Fsp3) is 0.571. The monoisotopic (exact) mass is 371 g/mol. The molecule has 1 fully saturated rings. The van der Waals surface area contributed by atoms with E-state index in [9.17, 15) is 5.11 Å². The van der Waals surface area contributed by atoms with Gasteiger partial charge in [-0.2, -0.15) is 0 Å². The Morgan fingerprint density at radius 3 is 2.81 bits per heavy atom. The van der Waals surface area contributed by atoms with Gasteiger partial charge in [-0.05, 0) is 48.0 Å². The van der Waals surface area contributed by atoms with Crippen molar-refractivity contribution in [1.82, 2.24) is 15.1 Å². The van der Waals surface area contributed by atoms with Crippen LogP contribution in [0.1, 0.15) is 31.6 Å². The summed E-state index contributed by atoms with van der Waals surface area (Å²) in [4.78, 5) is 3.00. The molecule has 2 aromatic rings. The van der Waals surface area contributed by atoms with Crippen LogP contribution in [0.25, 0.3) is 10.8 Å². The summed E-state index contributed by atoms with van der Waals surface area (Å²) in [5, 5.41) is 18.6. The first-order valence-electron chi connectivity index (χ1n) is 7.03. The molecule has 0 saturated heterocycles. The SMILES string of the molecule is CN(Cc1nnc(-c2ccc(Br)s2)o1)CC1(O)CCCC1. The number of aromatic nitrogens is 2. The molecule has 1 N–H and O–H groups in total. The number of thiophene rings is 1. The Bertz CT molecular complexity index is 607. The van der Waals surface area contributed by atoms with Gasteiger partial charge in [0, 0.05) is 6.54 Å². The molecule has 2 aromatic heterocycles. The van der Waals surface area contributed by atoms with Gasteiger partial charge in [-0.25, -0.2) is 0 Å². The van der Waals surface area contributed by atoms with Crippen molar-refractivity contribution in [1.29, 1.82) is 0 Å². The molecular weight excluding hydrogens is 354 g/mol. The highest BCUT2D eigenvalue weighted by Gasteiger charge is 2.32. The molecule has 0 atom stereocenters. The van der Waals surface area contributed by atoms with Crippen LogP contribution in [0.15, 0.2) is 20.3 Å². The third-order valence-corrected chi connectivity index (χ3v) is 5.37. The lowest BCUT2D eigenvalue weighted by Gasteiger charge is -2.27. The lowest BCUT2D eigenvalue weighted by Crippen LogP contribution is -2.38. The van der Waals surface area contributed by atoms with Crippen LogP contribution in [0.4, 0.5) is 0 Å². The van der Waals surface area contributed by atoms with Crippen molar-refractivity contribution in [3.63, 3.8) is 0 Å². The van der Waals surface area contributed by atoms with Crippen molar-refractivity contribution in [2.45, 2.75) is 37.8 Å². The lowest BCUT2D eigenvalue weighted by atomic mass is 10.0. The molecule has 0 unspecified atom stereocenters. The topological polar surface area (TPSA) is 62.4 Å². The molecule has 0 aliphatic heterocycles. The highest BCUT2D eigenvalue weighted by atomic mass is 79.9. The van der Waals surface area contributed by atoms with Gasteiger partial charge in [-0.1, -0.05) is 12.8 Å². The normalized spacial score (nSPS) is 17.7. The quantitative estimate of drug-likeness (QED) is 0.873. The van der Waals surface area contributed by atoms with E-state index in [1.54, 1.807) is 11.3 Å². The Morgan fingerprint density at radius 1 is 1.38 bits per heavy atom. The number of hydrogen-bond donors (Lipinski definition) is 1. The van der Waals surface area contributed by atoms with E-state index in [1.807, 2.05) is 24.1 Å². The van der Waals surface area contributed by atoms with Crippen LogP contribution in [0.3, 0.4) is 0 Å². The fourth-order valence-corrected chi connectivity index (χ4v) is 4.13. The van der Waals surface area contributed by atoms with Gasteiger partial charge in [0.2, 0.25) is 5.89 Å². The predicted octanol–water partition coefficient (Wildman–Crippen LogP) is 3.30. The minimum Gasteiger partial charge on any atom is -0.419 e. The van der Waals surface area contributed by atoms with Gasteiger partial charge in [0.25, 0.3) is 5.89 Å². The first-order chi connectivity index (χ1) is 10.0. The number of nitrogens with zero attached hydrogens (tertiary/aromatic N) is 3. The Labute approximate surface area is 136 Å². The number of likely N-dealkylation sites (N-methyl/N-ethyl adjacent to an activating group) is 1. The third kappa shape index (κ3) is 3.71. The maximum atomic E-state index is 10.4. The van der Waals surface area contributed by atoms with Crippen LogP contribution in [0.5, 0.6) is 0 Å². The third-order valence-electron chi connectivity index (χ3n) is 3.75. The Kier molecular flexibility index (Phi) is 4.44. The van der Waals surface area contributed by atoms with E-state index in [-0.39, 0.29) is 0 Å². The van der Waals surface area contributed by atoms with E-state index >= 15 is 0 Å². The zero-order valence-electron chi connectivity index (χ0n) is 11.9. The second-order valence-electron chi connectivity index (χ2n) is 5.71. The molecule has 2 heterocycles. The highest BCUT2D eigenvalue weighted by Crippen LogP contribution is 2.31. The summed E-state index contributed by atoms with van der Waals surface area (Å²) in [5.41, 5.74) is -0.545. The molecular formula is C14H18BrN3O2S. The zero-order valence-corrected chi connectivity index (χ0v) is 14.3. The van der Waals surface area contributed by atoms with Gasteiger partial charge in [-0.3, -0.25) is 4.90 Å². The van der Waals surface area contributed by atoms with Crippen LogP contribution < -0.4 is 0 Å². The molecule has 0 bridgehead atoms. The molecule has 0 amide bonds. The number of rotatable bonds is 5. The molecule has 0 radical (unpaired) electrons. The smallest absolute Gasteiger partial charge is 0.257 e. The van der Waals surface area contributed by atoms with Crippen LogP contribution in [-0.4, -0.2) is 39.4 Å². The van der Waals surface area contributed by atoms with E-state index in [4.69, 9.17) is 4.42 Å². The van der Waals surface area contributed by atoms with Crippen LogP contribution in [-0.2, 0) is 6.54 Å². The molecule has 0 aromatic carbocycles. The summed E-state index contributed by atoms with van der Waals surface area (Å²) in [6.07, 6.45) is 4.00. The van der Waals surface area contributed by atoms with Crippen LogP contribution >= 0.6 is 27.3 Å². The minimum absolute atomic E-state index is 0.545. The van der Waals surface area contributed by atoms with Gasteiger partial charge < -0.3 is 9.52 Å². The molecule has 0 spiro atoms. The molecule has 5 nitrogen and oxygen atoms in total. The summed E-state index contributed by atoms with van der Waals surface area (Å²) < 4.78 is 6.73. The fourth-order valence-electron chi connectivity index (χ4n) is 2.83. The molecule has 1 aliphatic carbocycles. The Morgan fingerprint density at radius 2 is 2.14 bits per heavy atom. The number of aliphatic hydroxyl groups is 1. The largest absolute Gasteiger partial charge is 0.419 e. The maximum absolute atomic E-state index is 10.4. The van der Waals surface area contributed by atoms with E-state index in [0.29, 0.717) is 24.9 Å². The van der Waals surface area contributed by atoms with E-state index in [1.165, 1.54) is 0 Å². The second-order valence-corrected chi connectivity index (χ2v) is 8.17. The second kappa shape index (κ2) is 6.16. The molecule has 3 rings (SSSR count). The van der Waals surface area contributed by atoms with Crippen molar-refractivity contribution < 1.29 is 9.52 Å². The molecule has 1 aliphatic rings. The maximum Gasteiger partial charge on any atom is 0.257 e. The summed E-state index contributed by atoms with van der Waals surface area (Å²) in [5.74, 6) is 1.13. The molecule has 21 heavy (non-hydrogen) atoms. The van der Waals surface area contributed by atoms with E-state index in [0.717, 1.165) is 34.3 Å². The Hall–Kier alpha value is -0.760. The van der Waals surface area contributed by atoms with Gasteiger partial charge in [-0.15, -0.1) is 21.5 Å². The van der Waals surface area contributed by atoms with Crippen LogP contribution in [0.2, 0.25) is 0 Å². The standard InChI is InChI=1S/C14H18BrN3O2S/c1-18(9-14(19)6-2-3-7-14)8-12-16-17-13(20-12)10-4-5-11(15)21-10/h4-5,19H,2-3,6-9H2,1H3. The van der Waals surface area contributed by atoms with Crippen molar-refractivity contribution in [3.05, 3.63) is 21.8 Å².